The minimum Gasteiger partial charge on any atom is -0.508 e. The average Bonchev–Trinajstić information content (AvgIpc) is 2.74. The van der Waals surface area contributed by atoms with E-state index in [0.717, 1.165) is 56.8 Å². The Labute approximate surface area is 181 Å². The number of unbranched alkanes of at least 4 members (excludes halogenated alkanes) is 7. The molecular weight excluding hydrogens is 378 g/mol. The quantitative estimate of drug-likeness (QED) is 0.339. The minimum absolute atomic E-state index is 0.151. The lowest BCUT2D eigenvalue weighted by Crippen LogP contribution is -2.24. The Morgan fingerprint density at radius 1 is 0.800 bits per heavy atom. The first-order chi connectivity index (χ1) is 14.6. The molecule has 1 aromatic heterocycles. The summed E-state index contributed by atoms with van der Waals surface area (Å²) in [5, 5.41) is 10.9. The molecule has 0 aliphatic carbocycles. The smallest absolute Gasteiger partial charge is 0.297 e. The summed E-state index contributed by atoms with van der Waals surface area (Å²) in [6, 6.07) is 5.14. The molecule has 0 atom stereocenters. The number of fused-ring (bicyclic) bond motifs is 1. The summed E-state index contributed by atoms with van der Waals surface area (Å²) < 4.78 is 13.8. The van der Waals surface area contributed by atoms with E-state index in [9.17, 15) is 9.90 Å². The maximum Gasteiger partial charge on any atom is 0.297 e. The van der Waals surface area contributed by atoms with Crippen molar-refractivity contribution in [2.24, 2.45) is 0 Å². The molecule has 5 nitrogen and oxygen atoms in total. The lowest BCUT2D eigenvalue weighted by atomic mass is 10.1. The Morgan fingerprint density at radius 2 is 1.43 bits per heavy atom. The van der Waals surface area contributed by atoms with Gasteiger partial charge in [0.2, 0.25) is 5.75 Å². The van der Waals surface area contributed by atoms with Crippen LogP contribution in [0.5, 0.6) is 17.2 Å². The number of phenols is 1. The second-order valence-corrected chi connectivity index (χ2v) is 7.99. The number of hydrogen-bond acceptors (Lipinski definition) is 4. The summed E-state index contributed by atoms with van der Waals surface area (Å²) in [5.74, 6) is 0.984. The van der Waals surface area contributed by atoms with Gasteiger partial charge in [0.15, 0.2) is 5.75 Å². The molecule has 0 saturated carbocycles. The van der Waals surface area contributed by atoms with E-state index in [4.69, 9.17) is 9.47 Å². The number of pyridine rings is 1. The first-order valence-electron chi connectivity index (χ1n) is 11.8. The number of aryl methyl sites for hydroxylation is 1. The minimum atomic E-state index is -0.163. The van der Waals surface area contributed by atoms with Gasteiger partial charge in [-0.05, 0) is 31.4 Å². The van der Waals surface area contributed by atoms with Gasteiger partial charge in [-0.2, -0.15) is 0 Å². The molecular formula is C25H39NO4. The van der Waals surface area contributed by atoms with Crippen molar-refractivity contribution in [2.45, 2.75) is 91.5 Å². The number of rotatable bonds is 15. The Balaban J connectivity index is 2.43. The zero-order valence-corrected chi connectivity index (χ0v) is 19.0. The van der Waals surface area contributed by atoms with Crippen molar-refractivity contribution in [1.82, 2.24) is 4.57 Å². The first kappa shape index (κ1) is 24.1. The SMILES string of the molecule is CCCCCCOc1c(OCCCC)c(=O)n(CCCCCC)c2cc(O)ccc12. The van der Waals surface area contributed by atoms with Crippen molar-refractivity contribution >= 4 is 10.9 Å². The van der Waals surface area contributed by atoms with Crippen LogP contribution >= 0.6 is 0 Å². The van der Waals surface area contributed by atoms with Gasteiger partial charge >= 0.3 is 0 Å². The predicted molar refractivity (Wildman–Crippen MR) is 124 cm³/mol. The molecule has 168 valence electrons. The largest absolute Gasteiger partial charge is 0.508 e. The van der Waals surface area contributed by atoms with Gasteiger partial charge in [0.1, 0.15) is 5.75 Å². The van der Waals surface area contributed by atoms with Gasteiger partial charge < -0.3 is 19.1 Å². The summed E-state index contributed by atoms with van der Waals surface area (Å²) in [4.78, 5) is 13.4. The van der Waals surface area contributed by atoms with E-state index in [0.29, 0.717) is 36.8 Å². The van der Waals surface area contributed by atoms with Crippen LogP contribution in [0.1, 0.15) is 85.0 Å². The average molecular weight is 418 g/mol. The van der Waals surface area contributed by atoms with Gasteiger partial charge in [-0.15, -0.1) is 0 Å². The molecule has 5 heteroatoms. The molecule has 0 radical (unpaired) electrons. The Kier molecular flexibility index (Phi) is 10.6. The maximum atomic E-state index is 13.4. The van der Waals surface area contributed by atoms with Crippen LogP contribution in [0.3, 0.4) is 0 Å². The lowest BCUT2D eigenvalue weighted by Gasteiger charge is -2.19. The maximum absolute atomic E-state index is 13.4. The van der Waals surface area contributed by atoms with E-state index in [1.165, 1.54) is 12.8 Å². The zero-order chi connectivity index (χ0) is 21.8. The monoisotopic (exact) mass is 417 g/mol. The molecule has 1 heterocycles. The Morgan fingerprint density at radius 3 is 2.13 bits per heavy atom. The predicted octanol–water partition coefficient (Wildman–Crippen LogP) is 6.43. The molecule has 2 rings (SSSR count). The van der Waals surface area contributed by atoms with Gasteiger partial charge in [0, 0.05) is 18.0 Å². The normalized spacial score (nSPS) is 11.2. The van der Waals surface area contributed by atoms with Crippen LogP contribution in [0, 0.1) is 0 Å². The highest BCUT2D eigenvalue weighted by Crippen LogP contribution is 2.35. The van der Waals surface area contributed by atoms with Crippen LogP contribution in [0.4, 0.5) is 0 Å². The summed E-state index contributed by atoms with van der Waals surface area (Å²) in [6.45, 7) is 8.12. The van der Waals surface area contributed by atoms with E-state index < -0.39 is 0 Å². The van der Waals surface area contributed by atoms with E-state index in [1.807, 2.05) is 6.07 Å². The summed E-state index contributed by atoms with van der Waals surface area (Å²) in [6.07, 6.45) is 10.6. The van der Waals surface area contributed by atoms with E-state index in [1.54, 1.807) is 16.7 Å². The molecule has 0 fully saturated rings. The van der Waals surface area contributed by atoms with Crippen molar-refractivity contribution in [3.63, 3.8) is 0 Å². The number of benzene rings is 1. The molecule has 1 aromatic carbocycles. The molecule has 0 bridgehead atoms. The highest BCUT2D eigenvalue weighted by Gasteiger charge is 2.20. The second kappa shape index (κ2) is 13.2. The number of aromatic hydroxyl groups is 1. The van der Waals surface area contributed by atoms with Crippen molar-refractivity contribution in [3.05, 3.63) is 28.6 Å². The van der Waals surface area contributed by atoms with Crippen LogP contribution in [0.2, 0.25) is 0 Å². The number of phenolic OH excluding ortho intramolecular Hbond substituents is 1. The lowest BCUT2D eigenvalue weighted by molar-refractivity contribution is 0.258. The van der Waals surface area contributed by atoms with E-state index in [-0.39, 0.29) is 11.3 Å². The van der Waals surface area contributed by atoms with Crippen LogP contribution in [-0.4, -0.2) is 22.9 Å². The molecule has 1 N–H and O–H groups in total. The third-order valence-electron chi connectivity index (χ3n) is 5.39. The third kappa shape index (κ3) is 6.68. The highest BCUT2D eigenvalue weighted by molar-refractivity contribution is 5.89. The summed E-state index contributed by atoms with van der Waals surface area (Å²) in [7, 11) is 0. The second-order valence-electron chi connectivity index (χ2n) is 7.99. The van der Waals surface area contributed by atoms with Crippen molar-refractivity contribution < 1.29 is 14.6 Å². The zero-order valence-electron chi connectivity index (χ0n) is 19.0. The third-order valence-corrected chi connectivity index (χ3v) is 5.39. The van der Waals surface area contributed by atoms with Crippen LogP contribution in [0.25, 0.3) is 10.9 Å². The van der Waals surface area contributed by atoms with Gasteiger partial charge in [0.05, 0.1) is 18.7 Å². The number of hydrogen-bond donors (Lipinski definition) is 1. The van der Waals surface area contributed by atoms with Crippen LogP contribution in [-0.2, 0) is 6.54 Å². The molecule has 0 amide bonds. The van der Waals surface area contributed by atoms with Crippen molar-refractivity contribution in [3.8, 4) is 17.2 Å². The van der Waals surface area contributed by atoms with Gasteiger partial charge in [0.25, 0.3) is 5.56 Å². The fraction of sp³-hybridized carbons (Fsp3) is 0.640. The number of ether oxygens (including phenoxy) is 2. The molecule has 30 heavy (non-hydrogen) atoms. The molecule has 0 unspecified atom stereocenters. The molecule has 0 aliphatic rings. The van der Waals surface area contributed by atoms with Crippen LogP contribution in [0.15, 0.2) is 23.0 Å². The van der Waals surface area contributed by atoms with E-state index >= 15 is 0 Å². The van der Waals surface area contributed by atoms with Gasteiger partial charge in [-0.3, -0.25) is 4.79 Å². The molecule has 0 aliphatic heterocycles. The summed E-state index contributed by atoms with van der Waals surface area (Å²) in [5.41, 5.74) is 0.548. The fourth-order valence-electron chi connectivity index (χ4n) is 3.60. The van der Waals surface area contributed by atoms with Crippen molar-refractivity contribution in [2.75, 3.05) is 13.2 Å². The number of nitrogens with zero attached hydrogens (tertiary/aromatic N) is 1. The Hall–Kier alpha value is -2.17. The van der Waals surface area contributed by atoms with Crippen LogP contribution < -0.4 is 15.0 Å². The fourth-order valence-corrected chi connectivity index (χ4v) is 3.60. The highest BCUT2D eigenvalue weighted by atomic mass is 16.5. The molecule has 0 saturated heterocycles. The van der Waals surface area contributed by atoms with E-state index in [2.05, 4.69) is 20.8 Å². The first-order valence-corrected chi connectivity index (χ1v) is 11.8. The Bertz CT molecular complexity index is 828. The number of aromatic nitrogens is 1. The topological polar surface area (TPSA) is 60.7 Å². The standard InChI is InChI=1S/C25H39NO4/c1-4-7-10-12-16-26-22-19-20(27)14-15-21(22)23(29-18-13-11-8-5-2)24(25(26)28)30-17-9-6-3/h14-15,19,27H,4-13,16-18H2,1-3H3. The summed E-state index contributed by atoms with van der Waals surface area (Å²) >= 11 is 0. The molecule has 0 spiro atoms. The molecule has 2 aromatic rings. The van der Waals surface area contributed by atoms with Crippen molar-refractivity contribution in [1.29, 1.82) is 0 Å². The van der Waals surface area contributed by atoms with Gasteiger partial charge in [-0.25, -0.2) is 0 Å². The van der Waals surface area contributed by atoms with Gasteiger partial charge in [-0.1, -0.05) is 65.7 Å².